The van der Waals surface area contributed by atoms with Crippen molar-refractivity contribution in [3.8, 4) is 0 Å². The van der Waals surface area contributed by atoms with Gasteiger partial charge in [0.05, 0.1) is 11.0 Å². The minimum atomic E-state index is -0.317. The maximum absolute atomic E-state index is 12.3. The second kappa shape index (κ2) is 4.94. The molecule has 0 amide bonds. The zero-order valence-electron chi connectivity index (χ0n) is 12.6. The second-order valence-corrected chi connectivity index (χ2v) is 6.82. The molecule has 1 aliphatic rings. The first-order valence-corrected chi connectivity index (χ1v) is 8.14. The lowest BCUT2D eigenvalue weighted by molar-refractivity contribution is 0.877. The molecular formula is C15H12ClN5OS. The monoisotopic (exact) mass is 345 g/mol. The van der Waals surface area contributed by atoms with Crippen molar-refractivity contribution in [3.05, 3.63) is 38.6 Å². The van der Waals surface area contributed by atoms with Gasteiger partial charge in [-0.15, -0.1) is 0 Å². The Bertz CT molecular complexity index is 1030. The van der Waals surface area contributed by atoms with Gasteiger partial charge >= 0.3 is 0 Å². The third-order valence-electron chi connectivity index (χ3n) is 3.96. The summed E-state index contributed by atoms with van der Waals surface area (Å²) in [4.78, 5) is 23.4. The van der Waals surface area contributed by atoms with Gasteiger partial charge in [0, 0.05) is 7.05 Å². The van der Waals surface area contributed by atoms with E-state index >= 15 is 0 Å². The lowest BCUT2D eigenvalue weighted by atomic mass is 10.1. The number of hydrogen-bond donors (Lipinski definition) is 1. The number of hydrogen-bond acceptors (Lipinski definition) is 6. The number of H-pyrrole nitrogens is 1. The maximum atomic E-state index is 12.3. The van der Waals surface area contributed by atoms with Crippen molar-refractivity contribution in [3.63, 3.8) is 0 Å². The first kappa shape index (κ1) is 14.5. The molecular weight excluding hydrogens is 334 g/mol. The van der Waals surface area contributed by atoms with Gasteiger partial charge < -0.3 is 4.90 Å². The number of anilines is 2. The molecule has 0 fully saturated rings. The molecule has 0 aliphatic carbocycles. The van der Waals surface area contributed by atoms with E-state index in [4.69, 9.17) is 21.6 Å². The number of halogens is 1. The topological polar surface area (TPSA) is 74.8 Å². The van der Waals surface area contributed by atoms with E-state index in [2.05, 4.69) is 10.2 Å². The summed E-state index contributed by atoms with van der Waals surface area (Å²) in [5.74, 6) is 0.644. The number of fused-ring (bicyclic) bond motifs is 3. The first-order chi connectivity index (χ1) is 11.0. The van der Waals surface area contributed by atoms with Crippen molar-refractivity contribution in [2.24, 2.45) is 0 Å². The highest BCUT2D eigenvalue weighted by atomic mass is 35.5. The smallest absolute Gasteiger partial charge is 0.243 e. The van der Waals surface area contributed by atoms with Crippen LogP contribution in [0.4, 0.5) is 11.5 Å². The van der Waals surface area contributed by atoms with E-state index in [0.29, 0.717) is 16.5 Å². The standard InChI is InChI=1S/C15H12ClN5OS/c1-6-4-8-9(5-7(6)2)18-15-13(17-8)21(3)10-11(22)12(16)19-20-14(10)23-15/h4-5H,1-3H3,(H,20,22). The minimum Gasteiger partial charge on any atom is -0.322 e. The summed E-state index contributed by atoms with van der Waals surface area (Å²) in [5.41, 5.74) is 4.09. The minimum absolute atomic E-state index is 0.0835. The zero-order chi connectivity index (χ0) is 16.3. The molecule has 6 nitrogen and oxygen atoms in total. The molecule has 4 rings (SSSR count). The molecule has 2 aromatic heterocycles. The van der Waals surface area contributed by atoms with Crippen LogP contribution >= 0.6 is 23.4 Å². The summed E-state index contributed by atoms with van der Waals surface area (Å²) in [6.45, 7) is 4.09. The van der Waals surface area contributed by atoms with Gasteiger partial charge in [-0.25, -0.2) is 9.97 Å². The predicted octanol–water partition coefficient (Wildman–Crippen LogP) is 3.22. The van der Waals surface area contributed by atoms with Crippen LogP contribution in [-0.4, -0.2) is 27.2 Å². The van der Waals surface area contributed by atoms with E-state index in [1.54, 1.807) is 11.9 Å². The van der Waals surface area contributed by atoms with Crippen molar-refractivity contribution in [2.45, 2.75) is 23.9 Å². The van der Waals surface area contributed by atoms with Crippen LogP contribution in [0, 0.1) is 13.8 Å². The Hall–Kier alpha value is -2.12. The molecule has 1 aliphatic heterocycles. The Morgan fingerprint density at radius 1 is 1.17 bits per heavy atom. The Morgan fingerprint density at radius 2 is 1.83 bits per heavy atom. The number of nitrogens with one attached hydrogen (secondary N) is 1. The fraction of sp³-hybridized carbons (Fsp3) is 0.200. The quantitative estimate of drug-likeness (QED) is 0.674. The number of aromatic amines is 1. The molecule has 0 atom stereocenters. The third kappa shape index (κ3) is 2.11. The molecule has 3 heterocycles. The van der Waals surface area contributed by atoms with Crippen LogP contribution in [0.1, 0.15) is 11.1 Å². The summed E-state index contributed by atoms with van der Waals surface area (Å²) < 4.78 is 0. The number of aromatic nitrogens is 4. The SMILES string of the molecule is Cc1cc2nc3c(nc2cc1C)N(C)c1c([nH]nc(Cl)c1=O)S3. The van der Waals surface area contributed by atoms with Crippen LogP contribution in [0.15, 0.2) is 27.0 Å². The molecule has 1 aromatic carbocycles. The Kier molecular flexibility index (Phi) is 3.11. The molecule has 0 saturated carbocycles. The van der Waals surface area contributed by atoms with E-state index in [-0.39, 0.29) is 10.6 Å². The number of benzene rings is 1. The molecule has 116 valence electrons. The zero-order valence-corrected chi connectivity index (χ0v) is 14.2. The lowest BCUT2D eigenvalue weighted by Crippen LogP contribution is -2.26. The van der Waals surface area contributed by atoms with Gasteiger partial charge in [-0.3, -0.25) is 9.89 Å². The summed E-state index contributed by atoms with van der Waals surface area (Å²) in [6.07, 6.45) is 0. The first-order valence-electron chi connectivity index (χ1n) is 6.94. The number of nitrogens with zero attached hydrogens (tertiary/aromatic N) is 4. The second-order valence-electron chi connectivity index (χ2n) is 5.46. The van der Waals surface area contributed by atoms with Crippen LogP contribution in [0.3, 0.4) is 0 Å². The van der Waals surface area contributed by atoms with Crippen molar-refractivity contribution in [1.82, 2.24) is 20.2 Å². The molecule has 23 heavy (non-hydrogen) atoms. The summed E-state index contributed by atoms with van der Waals surface area (Å²) >= 11 is 7.19. The van der Waals surface area contributed by atoms with E-state index in [9.17, 15) is 4.79 Å². The summed E-state index contributed by atoms with van der Waals surface area (Å²) in [7, 11) is 1.78. The van der Waals surface area contributed by atoms with Crippen LogP contribution in [0.2, 0.25) is 5.15 Å². The fourth-order valence-corrected chi connectivity index (χ4v) is 3.72. The van der Waals surface area contributed by atoms with Gasteiger partial charge in [0.15, 0.2) is 11.0 Å². The van der Waals surface area contributed by atoms with Gasteiger partial charge in [-0.05, 0) is 48.9 Å². The van der Waals surface area contributed by atoms with Gasteiger partial charge in [0.2, 0.25) is 5.43 Å². The van der Waals surface area contributed by atoms with Crippen LogP contribution in [0.25, 0.3) is 11.0 Å². The Labute approximate surface area is 140 Å². The summed E-state index contributed by atoms with van der Waals surface area (Å²) in [6, 6.07) is 4.03. The predicted molar refractivity (Wildman–Crippen MR) is 91.1 cm³/mol. The van der Waals surface area contributed by atoms with Gasteiger partial charge in [0.25, 0.3) is 0 Å². The highest BCUT2D eigenvalue weighted by molar-refractivity contribution is 7.99. The average molecular weight is 346 g/mol. The highest BCUT2D eigenvalue weighted by Crippen LogP contribution is 2.43. The van der Waals surface area contributed by atoms with Crippen molar-refractivity contribution in [2.75, 3.05) is 11.9 Å². The molecule has 0 spiro atoms. The highest BCUT2D eigenvalue weighted by Gasteiger charge is 2.28. The fourth-order valence-electron chi connectivity index (χ4n) is 2.56. The largest absolute Gasteiger partial charge is 0.322 e. The van der Waals surface area contributed by atoms with Crippen molar-refractivity contribution in [1.29, 1.82) is 0 Å². The van der Waals surface area contributed by atoms with Gasteiger partial charge in [-0.2, -0.15) is 5.10 Å². The van der Waals surface area contributed by atoms with E-state index < -0.39 is 0 Å². The normalized spacial score (nSPS) is 13.1. The number of aryl methyl sites for hydroxylation is 2. The van der Waals surface area contributed by atoms with Crippen molar-refractivity contribution < 1.29 is 0 Å². The van der Waals surface area contributed by atoms with Crippen LogP contribution < -0.4 is 10.3 Å². The average Bonchev–Trinajstić information content (AvgIpc) is 2.51. The molecule has 0 bridgehead atoms. The van der Waals surface area contributed by atoms with E-state index in [1.165, 1.54) is 17.3 Å². The summed E-state index contributed by atoms with van der Waals surface area (Å²) in [5, 5.41) is 7.90. The Morgan fingerprint density at radius 3 is 2.52 bits per heavy atom. The molecule has 0 saturated heterocycles. The third-order valence-corrected chi connectivity index (χ3v) is 5.17. The molecule has 8 heteroatoms. The number of rotatable bonds is 0. The van der Waals surface area contributed by atoms with E-state index in [0.717, 1.165) is 21.6 Å². The molecule has 0 unspecified atom stereocenters. The van der Waals surface area contributed by atoms with Gasteiger partial charge in [-0.1, -0.05) is 11.6 Å². The Balaban J connectivity index is 1.98. The molecule has 0 radical (unpaired) electrons. The van der Waals surface area contributed by atoms with Crippen LogP contribution in [0.5, 0.6) is 0 Å². The van der Waals surface area contributed by atoms with Crippen LogP contribution in [-0.2, 0) is 0 Å². The van der Waals surface area contributed by atoms with Gasteiger partial charge in [0.1, 0.15) is 15.7 Å². The van der Waals surface area contributed by atoms with Crippen molar-refractivity contribution >= 4 is 45.9 Å². The lowest BCUT2D eigenvalue weighted by Gasteiger charge is -2.26. The van der Waals surface area contributed by atoms with E-state index in [1.807, 2.05) is 26.0 Å². The molecule has 1 N–H and O–H groups in total. The molecule has 3 aromatic rings. The maximum Gasteiger partial charge on any atom is 0.243 e.